The van der Waals surface area contributed by atoms with Crippen LogP contribution in [0.2, 0.25) is 0 Å². The predicted molar refractivity (Wildman–Crippen MR) is 92.2 cm³/mol. The lowest BCUT2D eigenvalue weighted by Gasteiger charge is -2.32. The Morgan fingerprint density at radius 1 is 1.21 bits per heavy atom. The van der Waals surface area contributed by atoms with Gasteiger partial charge in [0.2, 0.25) is 0 Å². The van der Waals surface area contributed by atoms with Crippen LogP contribution in [0.15, 0.2) is 54.7 Å². The molecule has 0 bridgehead atoms. The zero-order valence-electron chi connectivity index (χ0n) is 13.7. The van der Waals surface area contributed by atoms with E-state index in [-0.39, 0.29) is 11.6 Å². The van der Waals surface area contributed by atoms with Gasteiger partial charge in [0.25, 0.3) is 5.69 Å². The van der Waals surface area contributed by atoms with Crippen molar-refractivity contribution >= 4 is 5.91 Å². The molecule has 3 rings (SSSR count). The number of pyridine rings is 1. The van der Waals surface area contributed by atoms with E-state index in [2.05, 4.69) is 34.5 Å². The van der Waals surface area contributed by atoms with Gasteiger partial charge in [0.1, 0.15) is 0 Å². The van der Waals surface area contributed by atoms with Crippen molar-refractivity contribution in [3.63, 3.8) is 0 Å². The molecule has 1 atom stereocenters. The van der Waals surface area contributed by atoms with E-state index >= 15 is 0 Å². The number of hydrogen-bond acceptors (Lipinski definition) is 3. The van der Waals surface area contributed by atoms with Gasteiger partial charge in [-0.25, -0.2) is 0 Å². The van der Waals surface area contributed by atoms with Crippen molar-refractivity contribution in [1.29, 1.82) is 0 Å². The molecule has 0 saturated carbocycles. The van der Waals surface area contributed by atoms with Gasteiger partial charge < -0.3 is 10.5 Å². The van der Waals surface area contributed by atoms with E-state index in [1.807, 2.05) is 6.07 Å². The van der Waals surface area contributed by atoms with Gasteiger partial charge in [0.15, 0.2) is 6.20 Å². The molecule has 2 aromatic rings. The van der Waals surface area contributed by atoms with Crippen molar-refractivity contribution in [2.45, 2.75) is 19.4 Å². The minimum atomic E-state index is -0.300. The summed E-state index contributed by atoms with van der Waals surface area (Å²) in [6.45, 7) is 3.63. The highest BCUT2D eigenvalue weighted by molar-refractivity contribution is 5.90. The first-order valence-electron chi connectivity index (χ1n) is 8.45. The second-order valence-corrected chi connectivity index (χ2v) is 6.35. The van der Waals surface area contributed by atoms with Crippen LogP contribution in [0.1, 0.15) is 28.9 Å². The molecule has 0 aliphatic carbocycles. The van der Waals surface area contributed by atoms with E-state index in [1.165, 1.54) is 11.8 Å². The van der Waals surface area contributed by atoms with E-state index in [0.29, 0.717) is 17.2 Å². The number of hydrogen-bond donors (Lipinski definition) is 1. The van der Waals surface area contributed by atoms with Crippen molar-refractivity contribution < 1.29 is 9.52 Å². The molecule has 5 nitrogen and oxygen atoms in total. The number of carbonyl (C=O) groups excluding carboxylic acids is 1. The highest BCUT2D eigenvalue weighted by Crippen LogP contribution is 2.18. The van der Waals surface area contributed by atoms with Crippen LogP contribution in [0.5, 0.6) is 0 Å². The molecule has 1 amide bonds. The van der Waals surface area contributed by atoms with Crippen molar-refractivity contribution in [2.24, 2.45) is 5.92 Å². The van der Waals surface area contributed by atoms with E-state index < -0.39 is 0 Å². The van der Waals surface area contributed by atoms with Gasteiger partial charge in [-0.15, -0.1) is 0 Å². The van der Waals surface area contributed by atoms with Gasteiger partial charge in [-0.2, -0.15) is 4.73 Å². The van der Waals surface area contributed by atoms with Crippen LogP contribution >= 0.6 is 0 Å². The number of carbonyl (C=O) groups is 1. The maximum Gasteiger partial charge on any atom is 0.317 e. The normalized spacial score (nSPS) is 18.2. The summed E-state index contributed by atoms with van der Waals surface area (Å²) in [5.74, 6) is 0.126. The zero-order chi connectivity index (χ0) is 16.8. The van der Waals surface area contributed by atoms with Crippen LogP contribution in [-0.4, -0.2) is 30.4 Å². The molecule has 5 heteroatoms. The number of nitrogens with zero attached hydrogens (tertiary/aromatic N) is 2. The third kappa shape index (κ3) is 4.32. The van der Waals surface area contributed by atoms with Gasteiger partial charge in [0, 0.05) is 31.8 Å². The van der Waals surface area contributed by atoms with Crippen LogP contribution in [0, 0.1) is 11.1 Å². The highest BCUT2D eigenvalue weighted by Gasteiger charge is 2.22. The minimum absolute atomic E-state index is 0.148. The number of amides is 1. The van der Waals surface area contributed by atoms with Crippen LogP contribution in [0.25, 0.3) is 0 Å². The molecule has 1 aromatic heterocycles. The monoisotopic (exact) mass is 325 g/mol. The molecule has 1 aliphatic heterocycles. The Hall–Kier alpha value is -2.40. The Bertz CT molecular complexity index is 675. The molecule has 1 fully saturated rings. The van der Waals surface area contributed by atoms with Crippen molar-refractivity contribution in [1.82, 2.24) is 10.2 Å². The molecule has 0 spiro atoms. The quantitative estimate of drug-likeness (QED) is 0.675. The average molecular weight is 325 g/mol. The molecule has 0 unspecified atom stereocenters. The van der Waals surface area contributed by atoms with Gasteiger partial charge in [-0.05, 0) is 36.9 Å². The molecular weight excluding hydrogens is 302 g/mol. The maximum absolute atomic E-state index is 12.1. The Morgan fingerprint density at radius 2 is 2.00 bits per heavy atom. The fraction of sp³-hybridized carbons (Fsp3) is 0.368. The molecule has 1 aliphatic rings. The lowest BCUT2D eigenvalue weighted by Crippen LogP contribution is -2.43. The number of likely N-dealkylation sites (tertiary alicyclic amines) is 1. The zero-order valence-corrected chi connectivity index (χ0v) is 13.7. The smallest absolute Gasteiger partial charge is 0.317 e. The Labute approximate surface area is 142 Å². The largest absolute Gasteiger partial charge is 0.618 e. The second kappa shape index (κ2) is 7.93. The molecule has 1 aromatic carbocycles. The molecule has 1 N–H and O–H groups in total. The van der Waals surface area contributed by atoms with E-state index in [0.717, 1.165) is 32.5 Å². The Morgan fingerprint density at radius 3 is 2.79 bits per heavy atom. The van der Waals surface area contributed by atoms with Crippen molar-refractivity contribution in [3.8, 4) is 0 Å². The summed E-state index contributed by atoms with van der Waals surface area (Å²) in [5, 5.41) is 14.5. The van der Waals surface area contributed by atoms with Crippen molar-refractivity contribution in [3.05, 3.63) is 71.2 Å². The fourth-order valence-corrected chi connectivity index (χ4v) is 3.23. The number of piperidine rings is 1. The summed E-state index contributed by atoms with van der Waals surface area (Å²) in [4.78, 5) is 14.6. The topological polar surface area (TPSA) is 59.3 Å². The van der Waals surface area contributed by atoms with E-state index in [1.54, 1.807) is 18.2 Å². The summed E-state index contributed by atoms with van der Waals surface area (Å²) in [6, 6.07) is 15.3. The molecule has 126 valence electrons. The number of nitrogens with one attached hydrogen (secondary N) is 1. The second-order valence-electron chi connectivity index (χ2n) is 6.35. The number of benzene rings is 1. The van der Waals surface area contributed by atoms with Crippen molar-refractivity contribution in [2.75, 3.05) is 19.6 Å². The van der Waals surface area contributed by atoms with Crippen LogP contribution in [0.3, 0.4) is 0 Å². The molecular formula is C19H23N3O2. The molecule has 0 radical (unpaired) electrons. The lowest BCUT2D eigenvalue weighted by molar-refractivity contribution is -0.607. The summed E-state index contributed by atoms with van der Waals surface area (Å²) >= 11 is 0. The first-order chi connectivity index (χ1) is 11.7. The van der Waals surface area contributed by atoms with Gasteiger partial charge >= 0.3 is 5.91 Å². The summed E-state index contributed by atoms with van der Waals surface area (Å²) in [6.07, 6.45) is 3.59. The Kier molecular flexibility index (Phi) is 5.43. The molecule has 24 heavy (non-hydrogen) atoms. The van der Waals surface area contributed by atoms with E-state index in [9.17, 15) is 10.0 Å². The standard InChI is InChI=1S/C19H23N3O2/c23-19(18-10-4-5-12-22(18)24)20-13-17-9-6-11-21(15-17)14-16-7-2-1-3-8-16/h1-5,7-8,10,12,17H,6,9,11,13-15H2,(H,20,23)/t17-/m0/s1. The summed E-state index contributed by atoms with van der Waals surface area (Å²) < 4.78 is 0.609. The maximum atomic E-state index is 12.1. The van der Waals surface area contributed by atoms with Gasteiger partial charge in [-0.3, -0.25) is 9.69 Å². The first kappa shape index (κ1) is 16.5. The molecule has 2 heterocycles. The van der Waals surface area contributed by atoms with Crippen LogP contribution in [0.4, 0.5) is 0 Å². The predicted octanol–water partition coefficient (Wildman–Crippen LogP) is 1.96. The minimum Gasteiger partial charge on any atom is -0.618 e. The van der Waals surface area contributed by atoms with Gasteiger partial charge in [0.05, 0.1) is 0 Å². The summed E-state index contributed by atoms with van der Waals surface area (Å²) in [5.41, 5.74) is 1.47. The van der Waals surface area contributed by atoms with E-state index in [4.69, 9.17) is 0 Å². The SMILES string of the molecule is O=C(NC[C@@H]1CCCN(Cc2ccccc2)C1)c1cccc[n+]1[O-]. The van der Waals surface area contributed by atoms with Crippen LogP contribution < -0.4 is 10.0 Å². The fourth-order valence-electron chi connectivity index (χ4n) is 3.23. The lowest BCUT2D eigenvalue weighted by atomic mass is 9.97. The first-order valence-corrected chi connectivity index (χ1v) is 8.45. The Balaban J connectivity index is 1.50. The average Bonchev–Trinajstić information content (AvgIpc) is 2.61. The third-order valence-corrected chi connectivity index (χ3v) is 4.46. The summed E-state index contributed by atoms with van der Waals surface area (Å²) in [7, 11) is 0. The number of aromatic nitrogens is 1. The highest BCUT2D eigenvalue weighted by atomic mass is 16.5. The van der Waals surface area contributed by atoms with Crippen LogP contribution in [-0.2, 0) is 6.54 Å². The number of rotatable bonds is 5. The third-order valence-electron chi connectivity index (χ3n) is 4.46. The van der Waals surface area contributed by atoms with Gasteiger partial charge in [-0.1, -0.05) is 30.3 Å². The molecule has 1 saturated heterocycles.